The lowest BCUT2D eigenvalue weighted by molar-refractivity contribution is 0.102. The first-order chi connectivity index (χ1) is 16.1. The number of benzene rings is 2. The van der Waals surface area contributed by atoms with Gasteiger partial charge in [0.1, 0.15) is 5.75 Å². The predicted octanol–water partition coefficient (Wildman–Crippen LogP) is 4.93. The van der Waals surface area contributed by atoms with E-state index >= 15 is 0 Å². The summed E-state index contributed by atoms with van der Waals surface area (Å²) in [6.45, 7) is 6.76. The standard InChI is InChI=1S/C27H32N4O2/c1-3-4-19-33-26-10-9-24(20-25(26)31-17-15-30(2)16-18-31)29-27(32)23-7-5-21(6-8-23)22-11-13-28-14-12-22/h5-14,20H,3-4,15-19H2,1-2H3,(H,29,32). The summed E-state index contributed by atoms with van der Waals surface area (Å²) in [6, 6.07) is 17.5. The van der Waals surface area contributed by atoms with Gasteiger partial charge < -0.3 is 19.9 Å². The van der Waals surface area contributed by atoms with Crippen LogP contribution in [0.2, 0.25) is 0 Å². The van der Waals surface area contributed by atoms with Crippen LogP contribution >= 0.6 is 0 Å². The van der Waals surface area contributed by atoms with E-state index in [4.69, 9.17) is 4.74 Å². The van der Waals surface area contributed by atoms with E-state index in [1.165, 1.54) is 0 Å². The summed E-state index contributed by atoms with van der Waals surface area (Å²) in [7, 11) is 2.15. The highest BCUT2D eigenvalue weighted by molar-refractivity contribution is 6.04. The molecule has 6 heteroatoms. The van der Waals surface area contributed by atoms with E-state index in [-0.39, 0.29) is 5.91 Å². The molecule has 1 amide bonds. The van der Waals surface area contributed by atoms with Crippen molar-refractivity contribution in [2.45, 2.75) is 19.8 Å². The van der Waals surface area contributed by atoms with Crippen LogP contribution in [0.3, 0.4) is 0 Å². The van der Waals surface area contributed by atoms with Crippen LogP contribution < -0.4 is 15.0 Å². The van der Waals surface area contributed by atoms with Crippen molar-refractivity contribution >= 4 is 17.3 Å². The molecule has 0 aliphatic carbocycles. The first-order valence-electron chi connectivity index (χ1n) is 11.7. The number of nitrogens with one attached hydrogen (secondary N) is 1. The van der Waals surface area contributed by atoms with E-state index in [0.29, 0.717) is 12.2 Å². The number of piperazine rings is 1. The van der Waals surface area contributed by atoms with E-state index in [0.717, 1.165) is 67.3 Å². The van der Waals surface area contributed by atoms with Gasteiger partial charge in [-0.15, -0.1) is 0 Å². The van der Waals surface area contributed by atoms with Gasteiger partial charge in [0.25, 0.3) is 5.91 Å². The molecule has 0 atom stereocenters. The maximum absolute atomic E-state index is 12.9. The van der Waals surface area contributed by atoms with Crippen LogP contribution in [-0.2, 0) is 0 Å². The summed E-state index contributed by atoms with van der Waals surface area (Å²) in [5.74, 6) is 0.757. The van der Waals surface area contributed by atoms with Crippen molar-refractivity contribution in [2.75, 3.05) is 50.1 Å². The van der Waals surface area contributed by atoms with E-state index in [9.17, 15) is 4.79 Å². The van der Waals surface area contributed by atoms with Crippen molar-refractivity contribution in [3.63, 3.8) is 0 Å². The van der Waals surface area contributed by atoms with Gasteiger partial charge in [-0.25, -0.2) is 0 Å². The molecule has 1 aliphatic heterocycles. The van der Waals surface area contributed by atoms with Crippen molar-refractivity contribution in [1.82, 2.24) is 9.88 Å². The molecule has 1 saturated heterocycles. The summed E-state index contributed by atoms with van der Waals surface area (Å²) >= 11 is 0. The number of unbranched alkanes of at least 4 members (excludes halogenated alkanes) is 1. The van der Waals surface area contributed by atoms with Gasteiger partial charge in [-0.3, -0.25) is 9.78 Å². The molecular weight excluding hydrogens is 412 g/mol. The van der Waals surface area contributed by atoms with Crippen molar-refractivity contribution in [3.8, 4) is 16.9 Å². The van der Waals surface area contributed by atoms with Gasteiger partial charge in [-0.1, -0.05) is 25.5 Å². The number of likely N-dealkylation sites (N-methyl/N-ethyl adjacent to an activating group) is 1. The fourth-order valence-electron chi connectivity index (χ4n) is 3.90. The molecule has 0 saturated carbocycles. The molecule has 1 fully saturated rings. The number of carbonyl (C=O) groups excluding carboxylic acids is 1. The van der Waals surface area contributed by atoms with Gasteiger partial charge in [-0.2, -0.15) is 0 Å². The summed E-state index contributed by atoms with van der Waals surface area (Å²) in [4.78, 5) is 21.6. The minimum absolute atomic E-state index is 0.125. The zero-order valence-corrected chi connectivity index (χ0v) is 19.5. The molecule has 0 radical (unpaired) electrons. The minimum atomic E-state index is -0.125. The fraction of sp³-hybridized carbons (Fsp3) is 0.333. The number of anilines is 2. The first-order valence-corrected chi connectivity index (χ1v) is 11.7. The topological polar surface area (TPSA) is 57.7 Å². The summed E-state index contributed by atoms with van der Waals surface area (Å²) < 4.78 is 6.09. The fourth-order valence-corrected chi connectivity index (χ4v) is 3.90. The van der Waals surface area contributed by atoms with Gasteiger partial charge in [0.05, 0.1) is 12.3 Å². The highest BCUT2D eigenvalue weighted by Crippen LogP contribution is 2.33. The Kier molecular flexibility index (Phi) is 7.58. The molecular formula is C27H32N4O2. The molecule has 1 N–H and O–H groups in total. The lowest BCUT2D eigenvalue weighted by Crippen LogP contribution is -2.44. The van der Waals surface area contributed by atoms with E-state index in [1.807, 2.05) is 54.6 Å². The Morgan fingerprint density at radius 1 is 0.970 bits per heavy atom. The Morgan fingerprint density at radius 3 is 2.36 bits per heavy atom. The third-order valence-electron chi connectivity index (χ3n) is 5.98. The predicted molar refractivity (Wildman–Crippen MR) is 134 cm³/mol. The van der Waals surface area contributed by atoms with Gasteiger partial charge in [-0.05, 0) is 67.1 Å². The quantitative estimate of drug-likeness (QED) is 0.499. The highest BCUT2D eigenvalue weighted by atomic mass is 16.5. The molecule has 0 unspecified atom stereocenters. The van der Waals surface area contributed by atoms with Gasteiger partial charge in [0, 0.05) is 49.8 Å². The van der Waals surface area contributed by atoms with Crippen LogP contribution in [0, 0.1) is 0 Å². The van der Waals surface area contributed by atoms with E-state index in [2.05, 4.69) is 34.1 Å². The summed E-state index contributed by atoms with van der Waals surface area (Å²) in [6.07, 6.45) is 5.65. The number of hydrogen-bond donors (Lipinski definition) is 1. The molecule has 1 aromatic heterocycles. The second-order valence-corrected chi connectivity index (χ2v) is 8.44. The lowest BCUT2D eigenvalue weighted by Gasteiger charge is -2.35. The second-order valence-electron chi connectivity index (χ2n) is 8.44. The molecule has 2 heterocycles. The maximum atomic E-state index is 12.9. The molecule has 4 rings (SSSR count). The Bertz CT molecular complexity index is 1050. The van der Waals surface area contributed by atoms with Crippen molar-refractivity contribution in [3.05, 3.63) is 72.6 Å². The average molecular weight is 445 g/mol. The summed E-state index contributed by atoms with van der Waals surface area (Å²) in [5, 5.41) is 3.06. The van der Waals surface area contributed by atoms with Crippen molar-refractivity contribution < 1.29 is 9.53 Å². The van der Waals surface area contributed by atoms with E-state index < -0.39 is 0 Å². The SMILES string of the molecule is CCCCOc1ccc(NC(=O)c2ccc(-c3ccncc3)cc2)cc1N1CCN(C)CC1. The summed E-state index contributed by atoms with van der Waals surface area (Å²) in [5.41, 5.74) is 4.57. The third-order valence-corrected chi connectivity index (χ3v) is 5.98. The number of pyridine rings is 1. The molecule has 6 nitrogen and oxygen atoms in total. The average Bonchev–Trinajstić information content (AvgIpc) is 2.86. The monoisotopic (exact) mass is 444 g/mol. The number of rotatable bonds is 8. The smallest absolute Gasteiger partial charge is 0.255 e. The minimum Gasteiger partial charge on any atom is -0.491 e. The van der Waals surface area contributed by atoms with Crippen LogP contribution in [0.1, 0.15) is 30.1 Å². The number of aromatic nitrogens is 1. The number of hydrogen-bond acceptors (Lipinski definition) is 5. The number of nitrogens with zero attached hydrogens (tertiary/aromatic N) is 3. The largest absolute Gasteiger partial charge is 0.491 e. The third kappa shape index (κ3) is 5.90. The zero-order chi connectivity index (χ0) is 23.0. The normalized spacial score (nSPS) is 14.2. The van der Waals surface area contributed by atoms with Crippen LogP contribution in [-0.4, -0.2) is 55.6 Å². The second kappa shape index (κ2) is 11.0. The highest BCUT2D eigenvalue weighted by Gasteiger charge is 2.19. The molecule has 33 heavy (non-hydrogen) atoms. The molecule has 2 aromatic carbocycles. The number of carbonyl (C=O) groups is 1. The Labute approximate surface area is 196 Å². The molecule has 3 aromatic rings. The number of amides is 1. The van der Waals surface area contributed by atoms with Gasteiger partial charge >= 0.3 is 0 Å². The van der Waals surface area contributed by atoms with Crippen molar-refractivity contribution in [2.24, 2.45) is 0 Å². The van der Waals surface area contributed by atoms with Crippen LogP contribution in [0.15, 0.2) is 67.0 Å². The van der Waals surface area contributed by atoms with Gasteiger partial charge in [0.2, 0.25) is 0 Å². The Balaban J connectivity index is 1.49. The molecule has 172 valence electrons. The van der Waals surface area contributed by atoms with Crippen LogP contribution in [0.5, 0.6) is 5.75 Å². The molecule has 1 aliphatic rings. The first kappa shape index (κ1) is 22.8. The number of ether oxygens (including phenoxy) is 1. The Hall–Kier alpha value is -3.38. The zero-order valence-electron chi connectivity index (χ0n) is 19.5. The van der Waals surface area contributed by atoms with Crippen molar-refractivity contribution in [1.29, 1.82) is 0 Å². The maximum Gasteiger partial charge on any atom is 0.255 e. The molecule has 0 spiro atoms. The Morgan fingerprint density at radius 2 is 1.67 bits per heavy atom. The lowest BCUT2D eigenvalue weighted by atomic mass is 10.0. The van der Waals surface area contributed by atoms with Gasteiger partial charge in [0.15, 0.2) is 0 Å². The molecule has 0 bridgehead atoms. The van der Waals surface area contributed by atoms with Crippen LogP contribution in [0.4, 0.5) is 11.4 Å². The van der Waals surface area contributed by atoms with E-state index in [1.54, 1.807) is 12.4 Å². The van der Waals surface area contributed by atoms with Crippen LogP contribution in [0.25, 0.3) is 11.1 Å².